The fourth-order valence-electron chi connectivity index (χ4n) is 2.08. The van der Waals surface area contributed by atoms with Crippen molar-refractivity contribution in [3.63, 3.8) is 0 Å². The van der Waals surface area contributed by atoms with Crippen molar-refractivity contribution in [3.05, 3.63) is 12.4 Å². The Morgan fingerprint density at radius 3 is 3.07 bits per heavy atom. The molecule has 0 spiro atoms. The first-order valence-corrected chi connectivity index (χ1v) is 5.37. The second kappa shape index (κ2) is 4.42. The molecule has 0 radical (unpaired) electrons. The number of carbonyl (C=O) groups excluding carboxylic acids is 1. The quantitative estimate of drug-likeness (QED) is 0.790. The molecule has 2 unspecified atom stereocenters. The number of aromatic nitrogens is 3. The smallest absolute Gasteiger partial charge is 0.242 e. The van der Waals surface area contributed by atoms with Gasteiger partial charge in [-0.25, -0.2) is 4.68 Å². The van der Waals surface area contributed by atoms with Crippen LogP contribution in [-0.4, -0.2) is 26.9 Å². The predicted octanol–water partition coefficient (Wildman–Crippen LogP) is 0.583. The Morgan fingerprint density at radius 1 is 1.60 bits per heavy atom. The van der Waals surface area contributed by atoms with E-state index in [4.69, 9.17) is 0 Å². The number of hydrogen-bond donors (Lipinski definition) is 1. The summed E-state index contributed by atoms with van der Waals surface area (Å²) in [6.45, 7) is 2.49. The van der Waals surface area contributed by atoms with Crippen LogP contribution in [0.1, 0.15) is 26.2 Å². The van der Waals surface area contributed by atoms with Crippen molar-refractivity contribution in [2.45, 2.75) is 38.8 Å². The van der Waals surface area contributed by atoms with Crippen LogP contribution in [0.5, 0.6) is 0 Å². The fourth-order valence-corrected chi connectivity index (χ4v) is 2.08. The Balaban J connectivity index is 1.78. The van der Waals surface area contributed by atoms with Crippen LogP contribution in [0.3, 0.4) is 0 Å². The molecule has 1 aliphatic rings. The minimum atomic E-state index is 0.0274. The van der Waals surface area contributed by atoms with Gasteiger partial charge in [0.25, 0.3) is 0 Å². The maximum absolute atomic E-state index is 11.6. The average Bonchev–Trinajstić information content (AvgIpc) is 2.77. The Kier molecular flexibility index (Phi) is 2.99. The Morgan fingerprint density at radius 2 is 2.47 bits per heavy atom. The summed E-state index contributed by atoms with van der Waals surface area (Å²) in [6, 6.07) is 0.357. The molecule has 5 heteroatoms. The first-order chi connectivity index (χ1) is 7.24. The summed E-state index contributed by atoms with van der Waals surface area (Å²) >= 11 is 0. The summed E-state index contributed by atoms with van der Waals surface area (Å²) in [4.78, 5) is 11.6. The monoisotopic (exact) mass is 208 g/mol. The largest absolute Gasteiger partial charge is 0.352 e. The lowest BCUT2D eigenvalue weighted by Crippen LogP contribution is -2.35. The zero-order chi connectivity index (χ0) is 10.7. The highest BCUT2D eigenvalue weighted by atomic mass is 16.2. The van der Waals surface area contributed by atoms with Gasteiger partial charge in [0.1, 0.15) is 6.54 Å². The molecule has 82 valence electrons. The first kappa shape index (κ1) is 10.1. The zero-order valence-electron chi connectivity index (χ0n) is 8.89. The van der Waals surface area contributed by atoms with Crippen LogP contribution in [0.25, 0.3) is 0 Å². The predicted molar refractivity (Wildman–Crippen MR) is 55.0 cm³/mol. The minimum absolute atomic E-state index is 0.0274. The average molecular weight is 208 g/mol. The van der Waals surface area contributed by atoms with Crippen molar-refractivity contribution >= 4 is 5.91 Å². The van der Waals surface area contributed by atoms with E-state index in [1.165, 1.54) is 11.1 Å². The molecule has 0 bridgehead atoms. The number of amides is 1. The second-order valence-corrected chi connectivity index (χ2v) is 4.28. The highest BCUT2D eigenvalue weighted by molar-refractivity contribution is 5.75. The first-order valence-electron chi connectivity index (χ1n) is 5.37. The van der Waals surface area contributed by atoms with Crippen LogP contribution < -0.4 is 5.32 Å². The van der Waals surface area contributed by atoms with E-state index < -0.39 is 0 Å². The third kappa shape index (κ3) is 2.78. The van der Waals surface area contributed by atoms with Crippen molar-refractivity contribution in [2.75, 3.05) is 0 Å². The van der Waals surface area contributed by atoms with E-state index in [1.54, 1.807) is 12.4 Å². The molecule has 1 aromatic heterocycles. The van der Waals surface area contributed by atoms with Gasteiger partial charge in [-0.3, -0.25) is 4.79 Å². The van der Waals surface area contributed by atoms with E-state index in [9.17, 15) is 4.79 Å². The normalized spacial score (nSPS) is 25.4. The van der Waals surface area contributed by atoms with Gasteiger partial charge in [-0.05, 0) is 25.2 Å². The molecule has 0 saturated heterocycles. The van der Waals surface area contributed by atoms with Gasteiger partial charge in [-0.1, -0.05) is 12.1 Å². The number of hydrogen-bond acceptors (Lipinski definition) is 3. The molecular weight excluding hydrogens is 192 g/mol. The summed E-state index contributed by atoms with van der Waals surface area (Å²) in [5, 5.41) is 10.4. The van der Waals surface area contributed by atoms with Crippen LogP contribution in [0.2, 0.25) is 0 Å². The topological polar surface area (TPSA) is 59.8 Å². The summed E-state index contributed by atoms with van der Waals surface area (Å²) < 4.78 is 1.54. The zero-order valence-corrected chi connectivity index (χ0v) is 8.89. The summed E-state index contributed by atoms with van der Waals surface area (Å²) in [5.41, 5.74) is 0. The molecule has 1 aliphatic carbocycles. The van der Waals surface area contributed by atoms with E-state index in [2.05, 4.69) is 22.6 Å². The highest BCUT2D eigenvalue weighted by Crippen LogP contribution is 2.24. The lowest BCUT2D eigenvalue weighted by atomic mass is 10.1. The molecule has 1 fully saturated rings. The molecular formula is C10H16N4O. The van der Waals surface area contributed by atoms with Crippen molar-refractivity contribution < 1.29 is 4.79 Å². The van der Waals surface area contributed by atoms with Crippen LogP contribution in [0.4, 0.5) is 0 Å². The maximum atomic E-state index is 11.6. The Hall–Kier alpha value is -1.39. The van der Waals surface area contributed by atoms with Gasteiger partial charge in [0.15, 0.2) is 0 Å². The molecule has 2 atom stereocenters. The van der Waals surface area contributed by atoms with E-state index in [0.717, 1.165) is 18.8 Å². The molecule has 0 aromatic carbocycles. The Bertz CT molecular complexity index is 322. The molecule has 1 saturated carbocycles. The van der Waals surface area contributed by atoms with Gasteiger partial charge in [0.2, 0.25) is 5.91 Å². The minimum Gasteiger partial charge on any atom is -0.352 e. The van der Waals surface area contributed by atoms with Crippen molar-refractivity contribution in [3.8, 4) is 0 Å². The highest BCUT2D eigenvalue weighted by Gasteiger charge is 2.22. The van der Waals surface area contributed by atoms with E-state index >= 15 is 0 Å². The summed E-state index contributed by atoms with van der Waals surface area (Å²) in [5.74, 6) is 0.765. The third-order valence-electron chi connectivity index (χ3n) is 2.84. The number of nitrogens with zero attached hydrogens (tertiary/aromatic N) is 3. The van der Waals surface area contributed by atoms with Crippen LogP contribution in [0.15, 0.2) is 12.4 Å². The number of rotatable bonds is 3. The van der Waals surface area contributed by atoms with Gasteiger partial charge in [0.05, 0.1) is 6.20 Å². The van der Waals surface area contributed by atoms with E-state index in [1.807, 2.05) is 0 Å². The summed E-state index contributed by atoms with van der Waals surface area (Å²) in [7, 11) is 0. The maximum Gasteiger partial charge on any atom is 0.242 e. The Labute approximate surface area is 88.9 Å². The standard InChI is InChI=1S/C10H16N4O/c1-8-2-3-9(6-8)12-10(15)7-14-5-4-11-13-14/h4-5,8-9H,2-3,6-7H2,1H3,(H,12,15). The van der Waals surface area contributed by atoms with Crippen molar-refractivity contribution in [1.29, 1.82) is 0 Å². The van der Waals surface area contributed by atoms with E-state index in [-0.39, 0.29) is 12.5 Å². The van der Waals surface area contributed by atoms with Gasteiger partial charge in [-0.15, -0.1) is 5.10 Å². The molecule has 2 rings (SSSR count). The lowest BCUT2D eigenvalue weighted by molar-refractivity contribution is -0.122. The molecule has 1 N–H and O–H groups in total. The van der Waals surface area contributed by atoms with E-state index in [0.29, 0.717) is 6.04 Å². The molecule has 15 heavy (non-hydrogen) atoms. The lowest BCUT2D eigenvalue weighted by Gasteiger charge is -2.11. The van der Waals surface area contributed by atoms with Crippen LogP contribution in [-0.2, 0) is 11.3 Å². The van der Waals surface area contributed by atoms with Crippen molar-refractivity contribution in [1.82, 2.24) is 20.3 Å². The van der Waals surface area contributed by atoms with Gasteiger partial charge >= 0.3 is 0 Å². The van der Waals surface area contributed by atoms with Crippen molar-refractivity contribution in [2.24, 2.45) is 5.92 Å². The number of nitrogens with one attached hydrogen (secondary N) is 1. The molecule has 5 nitrogen and oxygen atoms in total. The molecule has 0 aliphatic heterocycles. The summed E-state index contributed by atoms with van der Waals surface area (Å²) in [6.07, 6.45) is 6.68. The van der Waals surface area contributed by atoms with Crippen LogP contribution in [0, 0.1) is 5.92 Å². The molecule has 1 amide bonds. The fraction of sp³-hybridized carbons (Fsp3) is 0.700. The van der Waals surface area contributed by atoms with Gasteiger partial charge in [0, 0.05) is 12.2 Å². The number of carbonyl (C=O) groups is 1. The second-order valence-electron chi connectivity index (χ2n) is 4.28. The third-order valence-corrected chi connectivity index (χ3v) is 2.84. The van der Waals surface area contributed by atoms with Crippen LogP contribution >= 0.6 is 0 Å². The molecule has 1 aromatic rings. The SMILES string of the molecule is CC1CCC(NC(=O)Cn2ccnn2)C1. The molecule has 1 heterocycles. The van der Waals surface area contributed by atoms with Gasteiger partial charge < -0.3 is 5.32 Å². The van der Waals surface area contributed by atoms with Gasteiger partial charge in [-0.2, -0.15) is 0 Å².